The second-order valence-corrected chi connectivity index (χ2v) is 2.92. The van der Waals surface area contributed by atoms with Crippen LogP contribution in [-0.4, -0.2) is 41.1 Å². The zero-order chi connectivity index (χ0) is 12.1. The van der Waals surface area contributed by atoms with Gasteiger partial charge in [0.15, 0.2) is 0 Å². The van der Waals surface area contributed by atoms with Gasteiger partial charge in [0.1, 0.15) is 6.54 Å². The molecule has 0 saturated carbocycles. The first kappa shape index (κ1) is 13.7. The van der Waals surface area contributed by atoms with Gasteiger partial charge in [0.25, 0.3) is 0 Å². The molecule has 7 heteroatoms. The molecule has 15 heavy (non-hydrogen) atoms. The van der Waals surface area contributed by atoms with E-state index in [0.29, 0.717) is 4.90 Å². The van der Waals surface area contributed by atoms with E-state index in [4.69, 9.17) is 5.11 Å². The molecule has 0 aromatic carbocycles. The van der Waals surface area contributed by atoms with Crippen LogP contribution in [0.2, 0.25) is 0 Å². The number of hydrogen-bond donors (Lipinski definition) is 1. The molecule has 0 aliphatic heterocycles. The highest BCUT2D eigenvalue weighted by Gasteiger charge is 2.32. The van der Waals surface area contributed by atoms with Crippen molar-refractivity contribution in [2.75, 3.05) is 13.1 Å². The van der Waals surface area contributed by atoms with Gasteiger partial charge in [-0.15, -0.1) is 0 Å². The Morgan fingerprint density at radius 3 is 2.13 bits per heavy atom. The fourth-order valence-corrected chi connectivity index (χ4v) is 0.965. The van der Waals surface area contributed by atoms with E-state index < -0.39 is 37.4 Å². The lowest BCUT2D eigenvalue weighted by Gasteiger charge is -2.21. The van der Waals surface area contributed by atoms with Crippen LogP contribution in [0.25, 0.3) is 0 Å². The normalized spacial score (nSPS) is 11.2. The molecule has 0 aromatic heterocycles. The van der Waals surface area contributed by atoms with Crippen LogP contribution >= 0.6 is 0 Å². The summed E-state index contributed by atoms with van der Waals surface area (Å²) in [6.45, 7) is -0.00960. The summed E-state index contributed by atoms with van der Waals surface area (Å²) in [4.78, 5) is 21.8. The van der Waals surface area contributed by atoms with Gasteiger partial charge in [-0.2, -0.15) is 13.2 Å². The summed E-state index contributed by atoms with van der Waals surface area (Å²) in [6.07, 6.45) is -5.30. The Morgan fingerprint density at radius 1 is 1.27 bits per heavy atom. The number of rotatable bonds is 5. The van der Waals surface area contributed by atoms with E-state index in [0.717, 1.165) is 0 Å². The molecule has 1 N–H and O–H groups in total. The number of alkyl halides is 3. The highest BCUT2D eigenvalue weighted by molar-refractivity contribution is 5.80. The fraction of sp³-hybridized carbons (Fsp3) is 0.750. The van der Waals surface area contributed by atoms with Crippen molar-refractivity contribution in [1.82, 2.24) is 4.90 Å². The average molecular weight is 227 g/mol. The van der Waals surface area contributed by atoms with Crippen LogP contribution in [0.3, 0.4) is 0 Å². The molecule has 0 fully saturated rings. The Bertz CT molecular complexity index is 240. The minimum absolute atomic E-state index is 0.0854. The molecule has 1 amide bonds. The first-order valence-electron chi connectivity index (χ1n) is 4.32. The predicted octanol–water partition coefficient (Wildman–Crippen LogP) is 1.26. The summed E-state index contributed by atoms with van der Waals surface area (Å²) in [5.74, 6) is -2.00. The van der Waals surface area contributed by atoms with E-state index >= 15 is 0 Å². The number of amides is 1. The first-order chi connectivity index (χ1) is 6.76. The smallest absolute Gasteiger partial charge is 0.406 e. The standard InChI is InChI=1S/C8H12F3NO3/c1-2-12(5-8(9,10)11)6(13)3-4-7(14)15/h2-5H2,1H3,(H,14,15). The highest BCUT2D eigenvalue weighted by Crippen LogP contribution is 2.16. The van der Waals surface area contributed by atoms with Crippen molar-refractivity contribution < 1.29 is 27.9 Å². The summed E-state index contributed by atoms with van der Waals surface area (Å²) in [6, 6.07) is 0. The second kappa shape index (κ2) is 5.57. The molecule has 4 nitrogen and oxygen atoms in total. The SMILES string of the molecule is CCN(CC(F)(F)F)C(=O)CCC(=O)O. The second-order valence-electron chi connectivity index (χ2n) is 2.92. The van der Waals surface area contributed by atoms with Crippen LogP contribution in [0.15, 0.2) is 0 Å². The first-order valence-corrected chi connectivity index (χ1v) is 4.32. The van der Waals surface area contributed by atoms with E-state index in [1.807, 2.05) is 0 Å². The molecule has 88 valence electrons. The van der Waals surface area contributed by atoms with E-state index in [1.165, 1.54) is 6.92 Å². The van der Waals surface area contributed by atoms with Crippen LogP contribution in [0, 0.1) is 0 Å². The zero-order valence-corrected chi connectivity index (χ0v) is 8.17. The number of hydrogen-bond acceptors (Lipinski definition) is 2. The van der Waals surface area contributed by atoms with Crippen molar-refractivity contribution in [2.24, 2.45) is 0 Å². The lowest BCUT2D eigenvalue weighted by atomic mass is 10.2. The number of carboxylic acid groups (broad SMARTS) is 1. The summed E-state index contributed by atoms with van der Waals surface area (Å²) < 4.78 is 35.8. The zero-order valence-electron chi connectivity index (χ0n) is 8.17. The van der Waals surface area contributed by atoms with Crippen molar-refractivity contribution in [1.29, 1.82) is 0 Å². The maximum Gasteiger partial charge on any atom is 0.406 e. The highest BCUT2D eigenvalue weighted by atomic mass is 19.4. The van der Waals surface area contributed by atoms with Gasteiger partial charge in [-0.3, -0.25) is 9.59 Å². The monoisotopic (exact) mass is 227 g/mol. The maximum atomic E-state index is 11.9. The van der Waals surface area contributed by atoms with Crippen LogP contribution in [0.1, 0.15) is 19.8 Å². The summed E-state index contributed by atoms with van der Waals surface area (Å²) in [7, 11) is 0. The summed E-state index contributed by atoms with van der Waals surface area (Å²) >= 11 is 0. The van der Waals surface area contributed by atoms with Gasteiger partial charge in [0.05, 0.1) is 6.42 Å². The third kappa shape index (κ3) is 6.75. The molecule has 0 spiro atoms. The van der Waals surface area contributed by atoms with Gasteiger partial charge in [-0.1, -0.05) is 0 Å². The predicted molar refractivity (Wildman–Crippen MR) is 45.2 cm³/mol. The van der Waals surface area contributed by atoms with Gasteiger partial charge in [0.2, 0.25) is 5.91 Å². The minimum Gasteiger partial charge on any atom is -0.481 e. The Morgan fingerprint density at radius 2 is 1.80 bits per heavy atom. The topological polar surface area (TPSA) is 57.6 Å². The van der Waals surface area contributed by atoms with Gasteiger partial charge in [-0.05, 0) is 6.92 Å². The van der Waals surface area contributed by atoms with E-state index in [2.05, 4.69) is 0 Å². The molecule has 0 saturated heterocycles. The number of halogens is 3. The molecule has 0 rings (SSSR count). The molecule has 0 aliphatic rings. The molecule has 0 atom stereocenters. The van der Waals surface area contributed by atoms with E-state index in [1.54, 1.807) is 0 Å². The van der Waals surface area contributed by atoms with Gasteiger partial charge >= 0.3 is 12.1 Å². The van der Waals surface area contributed by atoms with Crippen LogP contribution in [-0.2, 0) is 9.59 Å². The molecule has 0 unspecified atom stereocenters. The Kier molecular flexibility index (Phi) is 5.10. The Hall–Kier alpha value is -1.27. The fourth-order valence-electron chi connectivity index (χ4n) is 0.965. The van der Waals surface area contributed by atoms with Crippen molar-refractivity contribution in [2.45, 2.75) is 25.9 Å². The van der Waals surface area contributed by atoms with Crippen LogP contribution in [0.4, 0.5) is 13.2 Å². The number of carbonyl (C=O) groups is 2. The third-order valence-electron chi connectivity index (χ3n) is 1.66. The number of carbonyl (C=O) groups excluding carboxylic acids is 1. The minimum atomic E-state index is -4.45. The number of aliphatic carboxylic acids is 1. The third-order valence-corrected chi connectivity index (χ3v) is 1.66. The molecular formula is C8H12F3NO3. The van der Waals surface area contributed by atoms with Gasteiger partial charge in [-0.25, -0.2) is 0 Å². The molecule has 0 aliphatic carbocycles. The van der Waals surface area contributed by atoms with E-state index in [-0.39, 0.29) is 6.54 Å². The number of nitrogens with zero attached hydrogens (tertiary/aromatic N) is 1. The molecule has 0 bridgehead atoms. The Balaban J connectivity index is 4.17. The van der Waals surface area contributed by atoms with Gasteiger partial charge in [0, 0.05) is 13.0 Å². The van der Waals surface area contributed by atoms with Crippen molar-refractivity contribution in [3.05, 3.63) is 0 Å². The lowest BCUT2D eigenvalue weighted by Crippen LogP contribution is -2.38. The molecule has 0 radical (unpaired) electrons. The number of carboxylic acids is 1. The molecular weight excluding hydrogens is 215 g/mol. The van der Waals surface area contributed by atoms with Crippen molar-refractivity contribution in [3.63, 3.8) is 0 Å². The lowest BCUT2D eigenvalue weighted by molar-refractivity contribution is -0.161. The molecule has 0 aromatic rings. The maximum absolute atomic E-state index is 11.9. The Labute approximate surface area is 84.7 Å². The summed E-state index contributed by atoms with van der Waals surface area (Å²) in [5.41, 5.74) is 0. The summed E-state index contributed by atoms with van der Waals surface area (Å²) in [5, 5.41) is 8.26. The van der Waals surface area contributed by atoms with E-state index in [9.17, 15) is 22.8 Å². The van der Waals surface area contributed by atoms with Gasteiger partial charge < -0.3 is 10.0 Å². The van der Waals surface area contributed by atoms with Crippen LogP contribution < -0.4 is 0 Å². The molecule has 0 heterocycles. The van der Waals surface area contributed by atoms with Crippen molar-refractivity contribution >= 4 is 11.9 Å². The largest absolute Gasteiger partial charge is 0.481 e. The van der Waals surface area contributed by atoms with Crippen LogP contribution in [0.5, 0.6) is 0 Å². The van der Waals surface area contributed by atoms with Crippen molar-refractivity contribution in [3.8, 4) is 0 Å². The average Bonchev–Trinajstić information content (AvgIpc) is 2.08. The quantitative estimate of drug-likeness (QED) is 0.769.